The highest BCUT2D eigenvalue weighted by Crippen LogP contribution is 2.35. The van der Waals surface area contributed by atoms with Gasteiger partial charge in [0.1, 0.15) is 12.4 Å². The Morgan fingerprint density at radius 2 is 2.03 bits per heavy atom. The number of thiophene rings is 1. The number of nitriles is 1. The lowest BCUT2D eigenvalue weighted by Crippen LogP contribution is -2.48. The number of carbonyl (C=O) groups excluding carboxylic acids is 1. The van der Waals surface area contributed by atoms with Crippen molar-refractivity contribution in [2.24, 2.45) is 5.41 Å². The molecule has 1 saturated heterocycles. The summed E-state index contributed by atoms with van der Waals surface area (Å²) in [7, 11) is 0. The molecule has 5 rings (SSSR count). The molecular weight excluding hydrogens is 509 g/mol. The molecule has 1 aliphatic heterocycles. The number of hydrogen-bond acceptors (Lipinski definition) is 9. The van der Waals surface area contributed by atoms with E-state index < -0.39 is 11.7 Å². The quantitative estimate of drug-likeness (QED) is 0.289. The molecule has 4 heterocycles. The molecule has 0 radical (unpaired) electrons. The van der Waals surface area contributed by atoms with Gasteiger partial charge in [-0.15, -0.1) is 11.3 Å². The van der Waals surface area contributed by atoms with Crippen molar-refractivity contribution in [2.45, 2.75) is 19.8 Å². The van der Waals surface area contributed by atoms with Crippen molar-refractivity contribution in [3.63, 3.8) is 0 Å². The van der Waals surface area contributed by atoms with E-state index >= 15 is 0 Å². The Morgan fingerprint density at radius 1 is 1.24 bits per heavy atom. The highest BCUT2D eigenvalue weighted by molar-refractivity contribution is 7.09. The summed E-state index contributed by atoms with van der Waals surface area (Å²) in [6.45, 7) is 2.34. The lowest BCUT2D eigenvalue weighted by molar-refractivity contribution is -0.230. The second-order valence-corrected chi connectivity index (χ2v) is 9.94. The summed E-state index contributed by atoms with van der Waals surface area (Å²) < 4.78 is 25.4. The molecule has 1 aliphatic rings. The molecule has 0 saturated carbocycles. The standard InChI is InChI=1S/C26H24FN7O3S/c1-26(24(35)29-11-9-28)14-36-23(37-15-26)22-33-20(16-4-6-17(27)7-5-16)21(34-22)19-8-10-30-25(32-19)31-13-18-3-2-12-38-18/h2-8,10,12,23H,11,13-15H2,1H3,(H,29,35)(H,33,34)(H,30,31,32). The third-order valence-corrected chi connectivity index (χ3v) is 6.83. The van der Waals surface area contributed by atoms with Crippen LogP contribution in [0.15, 0.2) is 54.0 Å². The monoisotopic (exact) mass is 533 g/mol. The average Bonchev–Trinajstić information content (AvgIpc) is 3.62. The zero-order valence-corrected chi connectivity index (χ0v) is 21.2. The van der Waals surface area contributed by atoms with Gasteiger partial charge >= 0.3 is 0 Å². The van der Waals surface area contributed by atoms with Crippen LogP contribution in [0.1, 0.15) is 23.9 Å². The number of aromatic nitrogens is 4. The van der Waals surface area contributed by atoms with Crippen molar-refractivity contribution in [1.29, 1.82) is 5.26 Å². The van der Waals surface area contributed by atoms with E-state index in [0.29, 0.717) is 41.0 Å². The third-order valence-electron chi connectivity index (χ3n) is 5.96. The van der Waals surface area contributed by atoms with Crippen LogP contribution >= 0.6 is 11.3 Å². The van der Waals surface area contributed by atoms with Gasteiger partial charge < -0.3 is 25.1 Å². The number of hydrogen-bond donors (Lipinski definition) is 3. The normalized spacial score (nSPS) is 19.0. The Kier molecular flexibility index (Phi) is 7.41. The maximum atomic E-state index is 13.6. The predicted octanol–water partition coefficient (Wildman–Crippen LogP) is 4.04. The van der Waals surface area contributed by atoms with Crippen LogP contribution in [0.3, 0.4) is 0 Å². The van der Waals surface area contributed by atoms with Crippen LogP contribution in [0.4, 0.5) is 10.3 Å². The number of benzene rings is 1. The summed E-state index contributed by atoms with van der Waals surface area (Å²) in [6, 6.07) is 13.6. The van der Waals surface area contributed by atoms with E-state index in [9.17, 15) is 9.18 Å². The van der Waals surface area contributed by atoms with E-state index in [1.54, 1.807) is 42.7 Å². The fraction of sp³-hybridized carbons (Fsp3) is 0.269. The molecule has 4 aromatic rings. The molecule has 38 heavy (non-hydrogen) atoms. The fourth-order valence-corrected chi connectivity index (χ4v) is 4.54. The molecular formula is C26H24FN7O3S. The summed E-state index contributed by atoms with van der Waals surface area (Å²) in [6.07, 6.45) is 0.783. The summed E-state index contributed by atoms with van der Waals surface area (Å²) in [5.74, 6) is 0.140. The zero-order chi connectivity index (χ0) is 26.5. The van der Waals surface area contributed by atoms with Crippen molar-refractivity contribution in [2.75, 3.05) is 25.1 Å². The summed E-state index contributed by atoms with van der Waals surface area (Å²) >= 11 is 1.64. The Bertz CT molecular complexity index is 1440. The van der Waals surface area contributed by atoms with E-state index in [1.807, 2.05) is 23.6 Å². The number of nitrogens with zero attached hydrogens (tertiary/aromatic N) is 4. The third kappa shape index (κ3) is 5.55. The number of H-pyrrole nitrogens is 1. The number of halogens is 1. The molecule has 0 unspecified atom stereocenters. The van der Waals surface area contributed by atoms with Crippen LogP contribution in [0, 0.1) is 22.6 Å². The number of rotatable bonds is 8. The minimum atomic E-state index is -0.946. The van der Waals surface area contributed by atoms with Crippen LogP contribution < -0.4 is 10.6 Å². The molecule has 194 valence electrons. The number of ether oxygens (including phenoxy) is 2. The molecule has 12 heteroatoms. The highest BCUT2D eigenvalue weighted by atomic mass is 32.1. The van der Waals surface area contributed by atoms with E-state index in [2.05, 4.69) is 25.6 Å². The number of aromatic amines is 1. The summed E-state index contributed by atoms with van der Waals surface area (Å²) in [5.41, 5.74) is 1.42. The molecule has 0 bridgehead atoms. The summed E-state index contributed by atoms with van der Waals surface area (Å²) in [4.78, 5) is 30.5. The van der Waals surface area contributed by atoms with Crippen LogP contribution in [-0.4, -0.2) is 45.6 Å². The van der Waals surface area contributed by atoms with Crippen LogP contribution in [0.5, 0.6) is 0 Å². The molecule has 3 aromatic heterocycles. The Hall–Kier alpha value is -4.18. The first-order valence-electron chi connectivity index (χ1n) is 11.8. The largest absolute Gasteiger partial charge is 0.349 e. The summed E-state index contributed by atoms with van der Waals surface area (Å²) in [5, 5.41) is 16.5. The molecule has 0 atom stereocenters. The first-order chi connectivity index (χ1) is 18.4. The van der Waals surface area contributed by atoms with Gasteiger partial charge in [-0.1, -0.05) is 6.07 Å². The van der Waals surface area contributed by atoms with Crippen molar-refractivity contribution in [3.05, 3.63) is 70.6 Å². The zero-order valence-electron chi connectivity index (χ0n) is 20.4. The van der Waals surface area contributed by atoms with Gasteiger partial charge in [-0.2, -0.15) is 5.26 Å². The van der Waals surface area contributed by atoms with Gasteiger partial charge in [0.05, 0.1) is 48.3 Å². The topological polar surface area (TPSA) is 138 Å². The first-order valence-corrected chi connectivity index (χ1v) is 12.7. The van der Waals surface area contributed by atoms with Crippen molar-refractivity contribution < 1.29 is 18.7 Å². The molecule has 10 nitrogen and oxygen atoms in total. The molecule has 1 aromatic carbocycles. The molecule has 0 spiro atoms. The maximum absolute atomic E-state index is 13.6. The second-order valence-electron chi connectivity index (χ2n) is 8.91. The number of anilines is 1. The lowest BCUT2D eigenvalue weighted by atomic mass is 9.91. The maximum Gasteiger partial charge on any atom is 0.231 e. The van der Waals surface area contributed by atoms with Gasteiger partial charge in [0.2, 0.25) is 18.1 Å². The van der Waals surface area contributed by atoms with E-state index in [1.165, 1.54) is 12.1 Å². The highest BCUT2D eigenvalue weighted by Gasteiger charge is 2.40. The van der Waals surface area contributed by atoms with Gasteiger partial charge in [0.25, 0.3) is 0 Å². The Balaban J connectivity index is 1.41. The van der Waals surface area contributed by atoms with Gasteiger partial charge in [0.15, 0.2) is 5.82 Å². The van der Waals surface area contributed by atoms with Crippen LogP contribution in [0.2, 0.25) is 0 Å². The number of amides is 1. The second kappa shape index (κ2) is 11.1. The minimum absolute atomic E-state index is 0.0706. The van der Waals surface area contributed by atoms with E-state index in [4.69, 9.17) is 19.7 Å². The van der Waals surface area contributed by atoms with Crippen LogP contribution in [0.25, 0.3) is 22.6 Å². The van der Waals surface area contributed by atoms with Crippen LogP contribution in [-0.2, 0) is 20.8 Å². The van der Waals surface area contributed by atoms with Crippen molar-refractivity contribution in [3.8, 4) is 28.7 Å². The SMILES string of the molecule is CC1(C(=O)NCC#N)COC(c2nc(-c3ccc(F)cc3)c(-c3ccnc(NCc4cccs4)n3)[nH]2)OC1. The van der Waals surface area contributed by atoms with E-state index in [0.717, 1.165) is 4.88 Å². The minimum Gasteiger partial charge on any atom is -0.349 e. The van der Waals surface area contributed by atoms with Gasteiger partial charge in [-0.05, 0) is 48.7 Å². The number of imidazole rings is 1. The number of carbonyl (C=O) groups is 1. The van der Waals surface area contributed by atoms with E-state index in [-0.39, 0.29) is 31.5 Å². The van der Waals surface area contributed by atoms with Gasteiger partial charge in [0, 0.05) is 16.6 Å². The van der Waals surface area contributed by atoms with Crippen molar-refractivity contribution in [1.82, 2.24) is 25.3 Å². The molecule has 0 aliphatic carbocycles. The predicted molar refractivity (Wildman–Crippen MR) is 138 cm³/mol. The average molecular weight is 534 g/mol. The van der Waals surface area contributed by atoms with Crippen molar-refractivity contribution >= 4 is 23.2 Å². The van der Waals surface area contributed by atoms with Gasteiger partial charge in [-0.25, -0.2) is 19.3 Å². The molecule has 1 amide bonds. The van der Waals surface area contributed by atoms with Gasteiger partial charge in [-0.3, -0.25) is 4.79 Å². The number of nitrogens with one attached hydrogen (secondary N) is 3. The Labute approximate surface area is 221 Å². The molecule has 3 N–H and O–H groups in total. The fourth-order valence-electron chi connectivity index (χ4n) is 3.90. The lowest BCUT2D eigenvalue weighted by Gasteiger charge is -2.35. The Morgan fingerprint density at radius 3 is 2.74 bits per heavy atom. The first kappa shape index (κ1) is 25.5. The smallest absolute Gasteiger partial charge is 0.231 e. The molecule has 1 fully saturated rings.